The maximum atomic E-state index is 11.6. The molecule has 0 atom stereocenters. The number of rotatable bonds is 6. The van der Waals surface area contributed by atoms with E-state index in [-0.39, 0.29) is 17.0 Å². The van der Waals surface area contributed by atoms with Crippen molar-refractivity contribution in [2.45, 2.75) is 26.7 Å². The molecule has 0 bridgehead atoms. The minimum absolute atomic E-state index is 0.0699. The van der Waals surface area contributed by atoms with Gasteiger partial charge >= 0.3 is 0 Å². The highest BCUT2D eigenvalue weighted by atomic mass is 32.1. The number of carbonyl (C=O) groups excluding carboxylic acids is 2. The Hall–Kier alpha value is -1.56. The summed E-state index contributed by atoms with van der Waals surface area (Å²) in [4.78, 5) is 23.4. The zero-order valence-electron chi connectivity index (χ0n) is 10.0. The molecule has 1 aromatic rings. The molecule has 0 radical (unpaired) electrons. The molecule has 5 nitrogen and oxygen atoms in total. The first-order chi connectivity index (χ1) is 8.02. The van der Waals surface area contributed by atoms with Crippen molar-refractivity contribution in [2.24, 2.45) is 5.73 Å². The lowest BCUT2D eigenvalue weighted by Crippen LogP contribution is -2.15. The second-order valence-electron chi connectivity index (χ2n) is 3.62. The minimum atomic E-state index is -0.604. The van der Waals surface area contributed by atoms with Gasteiger partial charge in [0.1, 0.15) is 5.00 Å². The number of Topliss-reactive ketones (excluding diaryl/α,β-unsaturated/α-hetero) is 1. The van der Waals surface area contributed by atoms with E-state index < -0.39 is 5.91 Å². The number of anilines is 2. The number of ketones is 1. The van der Waals surface area contributed by atoms with Gasteiger partial charge in [-0.05, 0) is 6.42 Å². The van der Waals surface area contributed by atoms with Crippen molar-refractivity contribution < 1.29 is 9.59 Å². The van der Waals surface area contributed by atoms with Crippen molar-refractivity contribution >= 4 is 33.7 Å². The molecule has 1 amide bonds. The summed E-state index contributed by atoms with van der Waals surface area (Å²) < 4.78 is 0. The summed E-state index contributed by atoms with van der Waals surface area (Å²) in [6, 6.07) is 0. The number of amides is 1. The van der Waals surface area contributed by atoms with Crippen LogP contribution < -0.4 is 16.8 Å². The van der Waals surface area contributed by atoms with Gasteiger partial charge in [-0.25, -0.2) is 0 Å². The molecule has 0 aromatic carbocycles. The Bertz CT molecular complexity index is 440. The van der Waals surface area contributed by atoms with E-state index >= 15 is 0 Å². The standard InChI is InChI=1S/C11H17N3O2S/c1-3-5-14-11-7(10(13)16)8(12)9(17-11)6(15)4-2/h14H,3-5,12H2,1-2H3,(H2,13,16). The zero-order chi connectivity index (χ0) is 13.0. The lowest BCUT2D eigenvalue weighted by atomic mass is 10.1. The summed E-state index contributed by atoms with van der Waals surface area (Å²) in [5, 5.41) is 3.66. The number of nitrogens with one attached hydrogen (secondary N) is 1. The Kier molecular flexibility index (Phi) is 4.51. The van der Waals surface area contributed by atoms with Crippen LogP contribution in [0.15, 0.2) is 0 Å². The van der Waals surface area contributed by atoms with Crippen LogP contribution in [0.25, 0.3) is 0 Å². The highest BCUT2D eigenvalue weighted by Gasteiger charge is 2.22. The van der Waals surface area contributed by atoms with Gasteiger partial charge < -0.3 is 16.8 Å². The molecule has 0 saturated carbocycles. The highest BCUT2D eigenvalue weighted by molar-refractivity contribution is 7.19. The van der Waals surface area contributed by atoms with Gasteiger partial charge in [0, 0.05) is 13.0 Å². The van der Waals surface area contributed by atoms with Gasteiger partial charge in [-0.3, -0.25) is 9.59 Å². The Morgan fingerprint density at radius 3 is 2.47 bits per heavy atom. The van der Waals surface area contributed by atoms with Gasteiger partial charge in [-0.15, -0.1) is 11.3 Å². The summed E-state index contributed by atoms with van der Waals surface area (Å²) in [5.74, 6) is -0.674. The molecule has 6 heteroatoms. The molecular formula is C11H17N3O2S. The number of hydrogen-bond acceptors (Lipinski definition) is 5. The molecule has 0 saturated heterocycles. The van der Waals surface area contributed by atoms with E-state index in [1.54, 1.807) is 6.92 Å². The fourth-order valence-corrected chi connectivity index (χ4v) is 2.58. The van der Waals surface area contributed by atoms with Crippen molar-refractivity contribution in [3.63, 3.8) is 0 Å². The van der Waals surface area contributed by atoms with E-state index in [9.17, 15) is 9.59 Å². The van der Waals surface area contributed by atoms with Gasteiger partial charge in [0.05, 0.1) is 16.1 Å². The summed E-state index contributed by atoms with van der Waals surface area (Å²) in [6.45, 7) is 4.47. The third-order valence-electron chi connectivity index (χ3n) is 2.30. The molecule has 1 heterocycles. The third-order valence-corrected chi connectivity index (χ3v) is 3.51. The molecule has 0 aliphatic heterocycles. The lowest BCUT2D eigenvalue weighted by Gasteiger charge is -2.03. The van der Waals surface area contributed by atoms with Crippen molar-refractivity contribution in [3.05, 3.63) is 10.4 Å². The summed E-state index contributed by atoms with van der Waals surface area (Å²) >= 11 is 1.20. The Morgan fingerprint density at radius 2 is 2.00 bits per heavy atom. The van der Waals surface area contributed by atoms with E-state index in [1.165, 1.54) is 11.3 Å². The monoisotopic (exact) mass is 255 g/mol. The molecule has 0 spiro atoms. The van der Waals surface area contributed by atoms with Gasteiger partial charge in [0.2, 0.25) is 0 Å². The maximum absolute atomic E-state index is 11.6. The minimum Gasteiger partial charge on any atom is -0.397 e. The van der Waals surface area contributed by atoms with Crippen LogP contribution in [0.3, 0.4) is 0 Å². The van der Waals surface area contributed by atoms with Gasteiger partial charge in [0.25, 0.3) is 5.91 Å². The fourth-order valence-electron chi connectivity index (χ4n) is 1.42. The first kappa shape index (κ1) is 13.5. The predicted molar refractivity (Wildman–Crippen MR) is 70.7 cm³/mol. The van der Waals surface area contributed by atoms with Crippen LogP contribution in [0.1, 0.15) is 46.7 Å². The molecule has 0 unspecified atom stereocenters. The quantitative estimate of drug-likeness (QED) is 0.675. The summed E-state index contributed by atoms with van der Waals surface area (Å²) in [7, 11) is 0. The second kappa shape index (κ2) is 5.67. The van der Waals surface area contributed by atoms with Crippen molar-refractivity contribution in [1.29, 1.82) is 0 Å². The molecule has 17 heavy (non-hydrogen) atoms. The summed E-state index contributed by atoms with van der Waals surface area (Å²) in [6.07, 6.45) is 1.27. The van der Waals surface area contributed by atoms with Gasteiger partial charge in [0.15, 0.2) is 5.78 Å². The van der Waals surface area contributed by atoms with Crippen molar-refractivity contribution in [3.8, 4) is 0 Å². The number of nitrogen functional groups attached to an aromatic ring is 1. The topological polar surface area (TPSA) is 98.2 Å². The van der Waals surface area contributed by atoms with Crippen LogP contribution in [0.4, 0.5) is 10.7 Å². The van der Waals surface area contributed by atoms with E-state index in [0.717, 1.165) is 6.42 Å². The van der Waals surface area contributed by atoms with Crippen LogP contribution >= 0.6 is 11.3 Å². The van der Waals surface area contributed by atoms with Crippen molar-refractivity contribution in [1.82, 2.24) is 0 Å². The largest absolute Gasteiger partial charge is 0.397 e. The fraction of sp³-hybridized carbons (Fsp3) is 0.455. The van der Waals surface area contributed by atoms with Crippen LogP contribution in [0, 0.1) is 0 Å². The number of primary amides is 1. The van der Waals surface area contributed by atoms with Crippen molar-refractivity contribution in [2.75, 3.05) is 17.6 Å². The Balaban J connectivity index is 3.19. The third kappa shape index (κ3) is 2.76. The predicted octanol–water partition coefficient (Wildman–Crippen LogP) is 1.84. The Morgan fingerprint density at radius 1 is 1.35 bits per heavy atom. The highest BCUT2D eigenvalue weighted by Crippen LogP contribution is 2.36. The van der Waals surface area contributed by atoms with Crippen LogP contribution in [0.2, 0.25) is 0 Å². The zero-order valence-corrected chi connectivity index (χ0v) is 10.8. The molecule has 0 aliphatic carbocycles. The van der Waals surface area contributed by atoms with E-state index in [0.29, 0.717) is 22.8 Å². The number of thiophene rings is 1. The van der Waals surface area contributed by atoms with E-state index in [4.69, 9.17) is 11.5 Å². The first-order valence-electron chi connectivity index (χ1n) is 5.52. The average molecular weight is 255 g/mol. The number of carbonyl (C=O) groups is 2. The molecule has 0 aliphatic rings. The van der Waals surface area contributed by atoms with Crippen LogP contribution in [-0.4, -0.2) is 18.2 Å². The molecule has 94 valence electrons. The number of nitrogens with two attached hydrogens (primary N) is 2. The van der Waals surface area contributed by atoms with E-state index in [1.807, 2.05) is 6.92 Å². The van der Waals surface area contributed by atoms with Gasteiger partial charge in [-0.1, -0.05) is 13.8 Å². The number of hydrogen-bond donors (Lipinski definition) is 3. The van der Waals surface area contributed by atoms with Crippen LogP contribution in [0.5, 0.6) is 0 Å². The van der Waals surface area contributed by atoms with E-state index in [2.05, 4.69) is 5.32 Å². The second-order valence-corrected chi connectivity index (χ2v) is 4.64. The SMILES string of the molecule is CCCNc1sc(C(=O)CC)c(N)c1C(N)=O. The molecule has 1 rings (SSSR count). The van der Waals surface area contributed by atoms with Crippen LogP contribution in [-0.2, 0) is 0 Å². The maximum Gasteiger partial charge on any atom is 0.253 e. The smallest absolute Gasteiger partial charge is 0.253 e. The normalized spacial score (nSPS) is 10.2. The molecule has 5 N–H and O–H groups in total. The first-order valence-corrected chi connectivity index (χ1v) is 6.33. The Labute approximate surface area is 104 Å². The molecule has 1 aromatic heterocycles. The molecular weight excluding hydrogens is 238 g/mol. The lowest BCUT2D eigenvalue weighted by molar-refractivity contribution is 0.0991. The summed E-state index contributed by atoms with van der Waals surface area (Å²) in [5.41, 5.74) is 11.5. The molecule has 0 fully saturated rings. The average Bonchev–Trinajstić information content (AvgIpc) is 2.62. The van der Waals surface area contributed by atoms with Gasteiger partial charge in [-0.2, -0.15) is 0 Å².